The van der Waals surface area contributed by atoms with E-state index in [0.717, 1.165) is 11.3 Å². The van der Waals surface area contributed by atoms with Crippen LogP contribution in [0, 0.1) is 5.82 Å². The maximum atomic E-state index is 14.0. The Bertz CT molecular complexity index is 877. The Balaban J connectivity index is 1.47. The van der Waals surface area contributed by atoms with Crippen LogP contribution in [0.2, 0.25) is 0 Å². The standard InChI is InChI=1S/C21H22FN3O2/c1-15(26)25-18-8-4-2-6-16(18)14-20(25)21(27)24-12-10-23(11-13-24)19-9-5-3-7-17(19)22/h2-9,20H,10-14H2,1H3/t20-/m0/s1. The Morgan fingerprint density at radius 2 is 1.56 bits per heavy atom. The van der Waals surface area contributed by atoms with Gasteiger partial charge in [-0.25, -0.2) is 4.39 Å². The average molecular weight is 367 g/mol. The fourth-order valence-electron chi connectivity index (χ4n) is 4.06. The number of fused-ring (bicyclic) bond motifs is 1. The highest BCUT2D eigenvalue weighted by Gasteiger charge is 2.39. The summed E-state index contributed by atoms with van der Waals surface area (Å²) in [5, 5.41) is 0. The molecular formula is C21H22FN3O2. The predicted molar refractivity (Wildman–Crippen MR) is 102 cm³/mol. The van der Waals surface area contributed by atoms with Crippen molar-refractivity contribution in [3.05, 3.63) is 59.9 Å². The normalized spacial score (nSPS) is 19.2. The van der Waals surface area contributed by atoms with Crippen LogP contribution in [-0.2, 0) is 16.0 Å². The molecule has 1 fully saturated rings. The van der Waals surface area contributed by atoms with Gasteiger partial charge in [0.1, 0.15) is 11.9 Å². The number of piperazine rings is 1. The largest absolute Gasteiger partial charge is 0.366 e. The summed E-state index contributed by atoms with van der Waals surface area (Å²) >= 11 is 0. The van der Waals surface area contributed by atoms with Gasteiger partial charge < -0.3 is 9.80 Å². The molecule has 5 nitrogen and oxygen atoms in total. The molecule has 0 unspecified atom stereocenters. The third-order valence-electron chi connectivity index (χ3n) is 5.38. The Hall–Kier alpha value is -2.89. The van der Waals surface area contributed by atoms with Crippen LogP contribution in [0.3, 0.4) is 0 Å². The van der Waals surface area contributed by atoms with Gasteiger partial charge in [0, 0.05) is 45.2 Å². The topological polar surface area (TPSA) is 43.9 Å². The summed E-state index contributed by atoms with van der Waals surface area (Å²) in [5.41, 5.74) is 2.42. The Morgan fingerprint density at radius 1 is 0.926 bits per heavy atom. The van der Waals surface area contributed by atoms with E-state index < -0.39 is 6.04 Å². The van der Waals surface area contributed by atoms with E-state index in [4.69, 9.17) is 0 Å². The third kappa shape index (κ3) is 3.16. The number of halogens is 1. The maximum absolute atomic E-state index is 14.0. The van der Waals surface area contributed by atoms with E-state index in [1.807, 2.05) is 35.2 Å². The first-order valence-corrected chi connectivity index (χ1v) is 9.22. The van der Waals surface area contributed by atoms with Crippen molar-refractivity contribution in [2.75, 3.05) is 36.0 Å². The molecule has 0 saturated carbocycles. The molecule has 27 heavy (non-hydrogen) atoms. The minimum absolute atomic E-state index is 0.0328. The number of amides is 2. The molecule has 2 aliphatic heterocycles. The average Bonchev–Trinajstić information content (AvgIpc) is 3.08. The third-order valence-corrected chi connectivity index (χ3v) is 5.38. The molecule has 0 spiro atoms. The van der Waals surface area contributed by atoms with Crippen molar-refractivity contribution in [2.24, 2.45) is 0 Å². The van der Waals surface area contributed by atoms with Gasteiger partial charge in [-0.05, 0) is 23.8 Å². The van der Waals surface area contributed by atoms with Gasteiger partial charge in [-0.3, -0.25) is 14.5 Å². The van der Waals surface area contributed by atoms with Crippen molar-refractivity contribution in [1.29, 1.82) is 0 Å². The molecule has 0 bridgehead atoms. The Kier molecular flexibility index (Phi) is 4.56. The minimum Gasteiger partial charge on any atom is -0.366 e. The number of carbonyl (C=O) groups excluding carboxylic acids is 2. The maximum Gasteiger partial charge on any atom is 0.246 e. The monoisotopic (exact) mass is 367 g/mol. The highest BCUT2D eigenvalue weighted by atomic mass is 19.1. The van der Waals surface area contributed by atoms with Crippen LogP contribution in [0.4, 0.5) is 15.8 Å². The number of carbonyl (C=O) groups is 2. The zero-order valence-electron chi connectivity index (χ0n) is 15.3. The van der Waals surface area contributed by atoms with E-state index in [1.165, 1.54) is 13.0 Å². The van der Waals surface area contributed by atoms with Crippen LogP contribution in [0.1, 0.15) is 12.5 Å². The Morgan fingerprint density at radius 3 is 2.22 bits per heavy atom. The van der Waals surface area contributed by atoms with Crippen molar-refractivity contribution < 1.29 is 14.0 Å². The van der Waals surface area contributed by atoms with Crippen LogP contribution in [0.5, 0.6) is 0 Å². The summed E-state index contributed by atoms with van der Waals surface area (Å²) in [4.78, 5) is 30.7. The van der Waals surface area contributed by atoms with Gasteiger partial charge in [-0.15, -0.1) is 0 Å². The van der Waals surface area contributed by atoms with Crippen molar-refractivity contribution in [3.63, 3.8) is 0 Å². The first kappa shape index (κ1) is 17.5. The smallest absolute Gasteiger partial charge is 0.246 e. The van der Waals surface area contributed by atoms with Gasteiger partial charge in [-0.1, -0.05) is 30.3 Å². The molecule has 2 aliphatic rings. The SMILES string of the molecule is CC(=O)N1c2ccccc2C[C@H]1C(=O)N1CCN(c2ccccc2F)CC1. The fraction of sp³-hybridized carbons (Fsp3) is 0.333. The van der Waals surface area contributed by atoms with Crippen molar-refractivity contribution in [1.82, 2.24) is 4.90 Å². The molecule has 0 aromatic heterocycles. The van der Waals surface area contributed by atoms with E-state index in [2.05, 4.69) is 0 Å². The zero-order valence-corrected chi connectivity index (χ0v) is 15.3. The number of para-hydroxylation sites is 2. The predicted octanol–water partition coefficient (Wildman–Crippen LogP) is 2.45. The number of hydrogen-bond acceptors (Lipinski definition) is 3. The molecule has 2 aromatic rings. The second-order valence-electron chi connectivity index (χ2n) is 7.00. The molecular weight excluding hydrogens is 345 g/mol. The van der Waals surface area contributed by atoms with Gasteiger partial charge in [0.25, 0.3) is 0 Å². The summed E-state index contributed by atoms with van der Waals surface area (Å²) < 4.78 is 14.0. The van der Waals surface area contributed by atoms with Gasteiger partial charge >= 0.3 is 0 Å². The molecule has 1 atom stereocenters. The van der Waals surface area contributed by atoms with Gasteiger partial charge in [0.05, 0.1) is 5.69 Å². The number of anilines is 2. The van der Waals surface area contributed by atoms with E-state index in [0.29, 0.717) is 38.3 Å². The summed E-state index contributed by atoms with van der Waals surface area (Å²) in [7, 11) is 0. The highest BCUT2D eigenvalue weighted by Crippen LogP contribution is 2.33. The summed E-state index contributed by atoms with van der Waals surface area (Å²) in [6, 6.07) is 13.9. The first-order valence-electron chi connectivity index (χ1n) is 9.22. The lowest BCUT2D eigenvalue weighted by molar-refractivity contribution is -0.134. The summed E-state index contributed by atoms with van der Waals surface area (Å²) in [6.07, 6.45) is 0.544. The Labute approximate surface area is 158 Å². The van der Waals surface area contributed by atoms with Crippen molar-refractivity contribution in [3.8, 4) is 0 Å². The molecule has 0 aliphatic carbocycles. The van der Waals surface area contributed by atoms with Crippen LogP contribution < -0.4 is 9.80 Å². The molecule has 0 radical (unpaired) electrons. The summed E-state index contributed by atoms with van der Waals surface area (Å²) in [5.74, 6) is -0.399. The number of benzene rings is 2. The molecule has 0 N–H and O–H groups in total. The van der Waals surface area contributed by atoms with Crippen LogP contribution in [0.25, 0.3) is 0 Å². The van der Waals surface area contributed by atoms with Gasteiger partial charge in [0.15, 0.2) is 0 Å². The van der Waals surface area contributed by atoms with Crippen LogP contribution in [-0.4, -0.2) is 48.9 Å². The van der Waals surface area contributed by atoms with Gasteiger partial charge in [-0.2, -0.15) is 0 Å². The first-order chi connectivity index (χ1) is 13.1. The lowest BCUT2D eigenvalue weighted by Gasteiger charge is -2.38. The molecule has 2 amide bonds. The van der Waals surface area contributed by atoms with E-state index in [1.54, 1.807) is 21.9 Å². The lowest BCUT2D eigenvalue weighted by Crippen LogP contribution is -2.55. The molecule has 6 heteroatoms. The van der Waals surface area contributed by atoms with Crippen LogP contribution >= 0.6 is 0 Å². The number of rotatable bonds is 2. The van der Waals surface area contributed by atoms with Crippen molar-refractivity contribution >= 4 is 23.2 Å². The highest BCUT2D eigenvalue weighted by molar-refractivity contribution is 6.02. The second kappa shape index (κ2) is 7.02. The lowest BCUT2D eigenvalue weighted by atomic mass is 10.1. The zero-order chi connectivity index (χ0) is 19.0. The quantitative estimate of drug-likeness (QED) is 0.819. The summed E-state index contributed by atoms with van der Waals surface area (Å²) in [6.45, 7) is 3.69. The molecule has 2 aromatic carbocycles. The number of nitrogens with zero attached hydrogens (tertiary/aromatic N) is 3. The van der Waals surface area contributed by atoms with Gasteiger partial charge in [0.2, 0.25) is 11.8 Å². The molecule has 140 valence electrons. The van der Waals surface area contributed by atoms with Crippen molar-refractivity contribution in [2.45, 2.75) is 19.4 Å². The van der Waals surface area contributed by atoms with E-state index in [-0.39, 0.29) is 17.6 Å². The number of hydrogen-bond donors (Lipinski definition) is 0. The van der Waals surface area contributed by atoms with Crippen LogP contribution in [0.15, 0.2) is 48.5 Å². The molecule has 4 rings (SSSR count). The minimum atomic E-state index is -0.486. The second-order valence-corrected chi connectivity index (χ2v) is 7.00. The molecule has 1 saturated heterocycles. The van der Waals surface area contributed by atoms with E-state index >= 15 is 0 Å². The van der Waals surface area contributed by atoms with E-state index in [9.17, 15) is 14.0 Å². The fourth-order valence-corrected chi connectivity index (χ4v) is 4.06. The molecule has 2 heterocycles.